The summed E-state index contributed by atoms with van der Waals surface area (Å²) in [4.78, 5) is 21.5. The highest BCUT2D eigenvalue weighted by molar-refractivity contribution is 5.76. The molecule has 1 saturated heterocycles. The molecule has 0 unspecified atom stereocenters. The van der Waals surface area contributed by atoms with Crippen LogP contribution in [0, 0.1) is 20.8 Å². The molecule has 6 nitrogen and oxygen atoms in total. The number of aromatic nitrogens is 2. The fourth-order valence-corrected chi connectivity index (χ4v) is 3.65. The number of hydrogen-bond donors (Lipinski definition) is 0. The molecule has 140 valence electrons. The molecule has 1 fully saturated rings. The van der Waals surface area contributed by atoms with Gasteiger partial charge in [0.05, 0.1) is 5.69 Å². The van der Waals surface area contributed by atoms with E-state index in [4.69, 9.17) is 4.52 Å². The van der Waals surface area contributed by atoms with Gasteiger partial charge in [-0.3, -0.25) is 4.79 Å². The summed E-state index contributed by atoms with van der Waals surface area (Å²) in [6.45, 7) is 7.67. The van der Waals surface area contributed by atoms with Crippen LogP contribution >= 0.6 is 0 Å². The minimum absolute atomic E-state index is 0.175. The van der Waals surface area contributed by atoms with E-state index in [1.807, 2.05) is 44.9 Å². The number of piperidine rings is 1. The Morgan fingerprint density at radius 1 is 1.35 bits per heavy atom. The van der Waals surface area contributed by atoms with Crippen molar-refractivity contribution in [2.24, 2.45) is 0 Å². The molecule has 0 aliphatic carbocycles. The van der Waals surface area contributed by atoms with Crippen LogP contribution in [0.4, 0.5) is 5.82 Å². The van der Waals surface area contributed by atoms with E-state index in [1.165, 1.54) is 0 Å². The molecule has 3 heterocycles. The van der Waals surface area contributed by atoms with Crippen molar-refractivity contribution < 1.29 is 9.32 Å². The number of nitrogens with zero attached hydrogens (tertiary/aromatic N) is 4. The molecule has 0 bridgehead atoms. The Bertz CT molecular complexity index is 751. The molecule has 1 atom stereocenters. The van der Waals surface area contributed by atoms with Crippen molar-refractivity contribution in [1.29, 1.82) is 0 Å². The van der Waals surface area contributed by atoms with Crippen molar-refractivity contribution in [1.82, 2.24) is 15.0 Å². The molecule has 3 rings (SSSR count). The minimum Gasteiger partial charge on any atom is -0.361 e. The Morgan fingerprint density at radius 2 is 2.15 bits per heavy atom. The SMILES string of the molecule is Cc1cccc(N2CCC[C@@H](N(C)C(=O)CCc3c(C)noc3C)C2)n1. The van der Waals surface area contributed by atoms with E-state index >= 15 is 0 Å². The van der Waals surface area contributed by atoms with Gasteiger partial charge in [0.1, 0.15) is 11.6 Å². The maximum Gasteiger partial charge on any atom is 0.222 e. The van der Waals surface area contributed by atoms with Crippen LogP contribution in [0.25, 0.3) is 0 Å². The second-order valence-electron chi connectivity index (χ2n) is 7.19. The molecule has 0 radical (unpaired) electrons. The van der Waals surface area contributed by atoms with Crippen LogP contribution in [0.2, 0.25) is 0 Å². The number of anilines is 1. The number of rotatable bonds is 5. The zero-order valence-corrected chi connectivity index (χ0v) is 16.2. The van der Waals surface area contributed by atoms with Crippen molar-refractivity contribution in [3.63, 3.8) is 0 Å². The molecule has 0 spiro atoms. The molecule has 0 N–H and O–H groups in total. The second kappa shape index (κ2) is 7.89. The van der Waals surface area contributed by atoms with E-state index in [9.17, 15) is 4.79 Å². The molecule has 26 heavy (non-hydrogen) atoms. The van der Waals surface area contributed by atoms with Gasteiger partial charge in [0.15, 0.2) is 0 Å². The van der Waals surface area contributed by atoms with Crippen molar-refractivity contribution >= 4 is 11.7 Å². The summed E-state index contributed by atoms with van der Waals surface area (Å²) in [5.41, 5.74) is 2.96. The predicted molar refractivity (Wildman–Crippen MR) is 101 cm³/mol. The topological polar surface area (TPSA) is 62.5 Å². The van der Waals surface area contributed by atoms with E-state index in [0.29, 0.717) is 12.8 Å². The van der Waals surface area contributed by atoms with E-state index in [1.54, 1.807) is 0 Å². The van der Waals surface area contributed by atoms with Crippen LogP contribution in [-0.2, 0) is 11.2 Å². The van der Waals surface area contributed by atoms with Gasteiger partial charge in [-0.05, 0) is 52.2 Å². The Hall–Kier alpha value is -2.37. The van der Waals surface area contributed by atoms with Gasteiger partial charge in [0.25, 0.3) is 0 Å². The number of aryl methyl sites for hydroxylation is 3. The molecular weight excluding hydrogens is 328 g/mol. The van der Waals surface area contributed by atoms with Gasteiger partial charge in [0, 0.05) is 43.9 Å². The molecular formula is C20H28N4O2. The standard InChI is InChI=1S/C20H28N4O2/c1-14-7-5-9-19(21-14)24-12-6-8-17(13-24)23(4)20(25)11-10-18-15(2)22-26-16(18)3/h5,7,9,17H,6,8,10-13H2,1-4H3/t17-/m1/s1. The van der Waals surface area contributed by atoms with Crippen LogP contribution in [0.3, 0.4) is 0 Å². The van der Waals surface area contributed by atoms with E-state index in [-0.39, 0.29) is 11.9 Å². The van der Waals surface area contributed by atoms with Crippen molar-refractivity contribution in [3.8, 4) is 0 Å². The fraction of sp³-hybridized carbons (Fsp3) is 0.550. The zero-order chi connectivity index (χ0) is 18.7. The first kappa shape index (κ1) is 18.4. The van der Waals surface area contributed by atoms with Gasteiger partial charge < -0.3 is 14.3 Å². The third-order valence-corrected chi connectivity index (χ3v) is 5.31. The highest BCUT2D eigenvalue weighted by atomic mass is 16.5. The summed E-state index contributed by atoms with van der Waals surface area (Å²) in [7, 11) is 1.92. The number of hydrogen-bond acceptors (Lipinski definition) is 5. The smallest absolute Gasteiger partial charge is 0.222 e. The third-order valence-electron chi connectivity index (χ3n) is 5.31. The van der Waals surface area contributed by atoms with Gasteiger partial charge in [0.2, 0.25) is 5.91 Å². The first-order valence-corrected chi connectivity index (χ1v) is 9.31. The lowest BCUT2D eigenvalue weighted by Crippen LogP contribution is -2.49. The largest absolute Gasteiger partial charge is 0.361 e. The highest BCUT2D eigenvalue weighted by Crippen LogP contribution is 2.22. The maximum atomic E-state index is 12.7. The summed E-state index contributed by atoms with van der Waals surface area (Å²) in [6.07, 6.45) is 3.27. The number of carbonyl (C=O) groups excluding carboxylic acids is 1. The number of carbonyl (C=O) groups is 1. The first-order valence-electron chi connectivity index (χ1n) is 9.31. The molecule has 6 heteroatoms. The van der Waals surface area contributed by atoms with E-state index < -0.39 is 0 Å². The molecule has 1 aliphatic heterocycles. The van der Waals surface area contributed by atoms with Gasteiger partial charge in [-0.1, -0.05) is 11.2 Å². The summed E-state index contributed by atoms with van der Waals surface area (Å²) < 4.78 is 5.19. The van der Waals surface area contributed by atoms with Crippen molar-refractivity contribution in [2.75, 3.05) is 25.0 Å². The lowest BCUT2D eigenvalue weighted by Gasteiger charge is -2.38. The van der Waals surface area contributed by atoms with Crippen molar-refractivity contribution in [2.45, 2.75) is 52.5 Å². The maximum absolute atomic E-state index is 12.7. The molecule has 1 amide bonds. The van der Waals surface area contributed by atoms with E-state index in [2.05, 4.69) is 21.1 Å². The number of amides is 1. The summed E-state index contributed by atoms with van der Waals surface area (Å²) in [5, 5.41) is 3.97. The van der Waals surface area contributed by atoms with Crippen LogP contribution in [0.15, 0.2) is 22.7 Å². The monoisotopic (exact) mass is 356 g/mol. The summed E-state index contributed by atoms with van der Waals surface area (Å²) in [5.74, 6) is 1.99. The van der Waals surface area contributed by atoms with Crippen LogP contribution in [0.5, 0.6) is 0 Å². The van der Waals surface area contributed by atoms with Crippen molar-refractivity contribution in [3.05, 3.63) is 40.9 Å². The van der Waals surface area contributed by atoms with Gasteiger partial charge in [-0.15, -0.1) is 0 Å². The Labute approximate surface area is 155 Å². The third kappa shape index (κ3) is 4.06. The molecule has 2 aromatic heterocycles. The van der Waals surface area contributed by atoms with Gasteiger partial charge >= 0.3 is 0 Å². The highest BCUT2D eigenvalue weighted by Gasteiger charge is 2.27. The zero-order valence-electron chi connectivity index (χ0n) is 16.2. The number of likely N-dealkylation sites (N-methyl/N-ethyl adjacent to an activating group) is 1. The first-order chi connectivity index (χ1) is 12.5. The van der Waals surface area contributed by atoms with Crippen LogP contribution in [0.1, 0.15) is 42.0 Å². The average Bonchev–Trinajstić information content (AvgIpc) is 2.97. The van der Waals surface area contributed by atoms with Gasteiger partial charge in [-0.25, -0.2) is 4.98 Å². The lowest BCUT2D eigenvalue weighted by molar-refractivity contribution is -0.132. The second-order valence-corrected chi connectivity index (χ2v) is 7.19. The van der Waals surface area contributed by atoms with Gasteiger partial charge in [-0.2, -0.15) is 0 Å². The van der Waals surface area contributed by atoms with Crippen LogP contribution < -0.4 is 4.90 Å². The lowest BCUT2D eigenvalue weighted by atomic mass is 10.0. The summed E-state index contributed by atoms with van der Waals surface area (Å²) >= 11 is 0. The minimum atomic E-state index is 0.175. The van der Waals surface area contributed by atoms with Crippen LogP contribution in [-0.4, -0.2) is 47.1 Å². The Kier molecular flexibility index (Phi) is 5.59. The molecule has 0 aromatic carbocycles. The fourth-order valence-electron chi connectivity index (χ4n) is 3.65. The number of pyridine rings is 1. The Balaban J connectivity index is 1.59. The quantitative estimate of drug-likeness (QED) is 0.824. The summed E-state index contributed by atoms with van der Waals surface area (Å²) in [6, 6.07) is 6.33. The predicted octanol–water partition coefficient (Wildman–Crippen LogP) is 3.05. The average molecular weight is 356 g/mol. The van der Waals surface area contributed by atoms with E-state index in [0.717, 1.165) is 54.5 Å². The molecule has 1 aliphatic rings. The molecule has 0 saturated carbocycles. The molecule has 2 aromatic rings. The Morgan fingerprint density at radius 3 is 2.85 bits per heavy atom. The normalized spacial score (nSPS) is 17.4.